The van der Waals surface area contributed by atoms with E-state index in [0.717, 1.165) is 29.3 Å². The van der Waals surface area contributed by atoms with E-state index in [9.17, 15) is 8.42 Å². The van der Waals surface area contributed by atoms with Crippen LogP contribution in [0.3, 0.4) is 0 Å². The van der Waals surface area contributed by atoms with Crippen LogP contribution in [0.1, 0.15) is 18.4 Å². The molecule has 3 rings (SSSR count). The number of fused-ring (bicyclic) bond motifs is 1. The Morgan fingerprint density at radius 1 is 1.30 bits per heavy atom. The van der Waals surface area contributed by atoms with Crippen LogP contribution in [0.4, 0.5) is 0 Å². The maximum Gasteiger partial charge on any atom is 0.151 e. The third kappa shape index (κ3) is 3.16. The zero-order valence-corrected chi connectivity index (χ0v) is 12.1. The molecule has 1 aliphatic rings. The fourth-order valence-corrected chi connectivity index (χ4v) is 4.35. The van der Waals surface area contributed by atoms with Crippen molar-refractivity contribution < 1.29 is 8.42 Å². The standard InChI is InChI=1S/C15H18N2O2S/c18-20(19)8-2-4-14(11-20)17-10-12-5-6-15-13(9-12)3-1-7-16-15/h1,3,5-7,9,14,17H,2,4,8,10-11H2. The molecule has 1 atom stereocenters. The molecule has 1 aromatic carbocycles. The molecule has 0 radical (unpaired) electrons. The van der Waals surface area contributed by atoms with Gasteiger partial charge in [-0.1, -0.05) is 12.1 Å². The Kier molecular flexibility index (Phi) is 3.72. The van der Waals surface area contributed by atoms with Crippen LogP contribution in [-0.4, -0.2) is 30.9 Å². The molecule has 1 unspecified atom stereocenters. The smallest absolute Gasteiger partial charge is 0.151 e. The van der Waals surface area contributed by atoms with Gasteiger partial charge in [0.05, 0.1) is 17.0 Å². The van der Waals surface area contributed by atoms with Crippen molar-refractivity contribution in [2.45, 2.75) is 25.4 Å². The molecule has 1 N–H and O–H groups in total. The molecule has 2 aromatic rings. The predicted molar refractivity (Wildman–Crippen MR) is 80.3 cm³/mol. The van der Waals surface area contributed by atoms with Crippen LogP contribution in [0.5, 0.6) is 0 Å². The minimum Gasteiger partial charge on any atom is -0.309 e. The monoisotopic (exact) mass is 290 g/mol. The summed E-state index contributed by atoms with van der Waals surface area (Å²) in [4.78, 5) is 4.29. The van der Waals surface area contributed by atoms with Crippen molar-refractivity contribution >= 4 is 20.7 Å². The third-order valence-corrected chi connectivity index (χ3v) is 5.55. The molecule has 4 nitrogen and oxygen atoms in total. The van der Waals surface area contributed by atoms with E-state index in [1.54, 1.807) is 6.20 Å². The van der Waals surface area contributed by atoms with Gasteiger partial charge in [-0.25, -0.2) is 8.42 Å². The molecule has 1 fully saturated rings. The van der Waals surface area contributed by atoms with E-state index in [0.29, 0.717) is 12.3 Å². The van der Waals surface area contributed by atoms with Gasteiger partial charge >= 0.3 is 0 Å². The van der Waals surface area contributed by atoms with Crippen molar-refractivity contribution in [3.63, 3.8) is 0 Å². The highest BCUT2D eigenvalue weighted by atomic mass is 32.2. The summed E-state index contributed by atoms with van der Waals surface area (Å²) >= 11 is 0. The first-order chi connectivity index (χ1) is 9.62. The molecule has 106 valence electrons. The number of hydrogen-bond donors (Lipinski definition) is 1. The van der Waals surface area contributed by atoms with Gasteiger partial charge < -0.3 is 5.32 Å². The van der Waals surface area contributed by atoms with Gasteiger partial charge in [0.25, 0.3) is 0 Å². The van der Waals surface area contributed by atoms with Gasteiger partial charge in [-0.15, -0.1) is 0 Å². The van der Waals surface area contributed by atoms with E-state index < -0.39 is 9.84 Å². The third-order valence-electron chi connectivity index (χ3n) is 3.73. The lowest BCUT2D eigenvalue weighted by Crippen LogP contribution is -2.39. The van der Waals surface area contributed by atoms with Crippen molar-refractivity contribution in [1.29, 1.82) is 0 Å². The Balaban J connectivity index is 1.67. The minimum atomic E-state index is -2.84. The van der Waals surface area contributed by atoms with E-state index >= 15 is 0 Å². The average Bonchev–Trinajstić information content (AvgIpc) is 2.44. The first-order valence-electron chi connectivity index (χ1n) is 6.90. The minimum absolute atomic E-state index is 0.0818. The van der Waals surface area contributed by atoms with Gasteiger partial charge in [0.15, 0.2) is 9.84 Å². The molecule has 0 spiro atoms. The first kappa shape index (κ1) is 13.5. The summed E-state index contributed by atoms with van der Waals surface area (Å²) in [7, 11) is -2.84. The summed E-state index contributed by atoms with van der Waals surface area (Å²) < 4.78 is 23.2. The van der Waals surface area contributed by atoms with E-state index in [1.165, 1.54) is 0 Å². The topological polar surface area (TPSA) is 59.1 Å². The van der Waals surface area contributed by atoms with Crippen molar-refractivity contribution in [3.05, 3.63) is 42.1 Å². The quantitative estimate of drug-likeness (QED) is 0.938. The van der Waals surface area contributed by atoms with Gasteiger partial charge in [0, 0.05) is 24.2 Å². The molecule has 1 aliphatic heterocycles. The molecular formula is C15H18N2O2S. The zero-order valence-electron chi connectivity index (χ0n) is 11.2. The highest BCUT2D eigenvalue weighted by Gasteiger charge is 2.24. The van der Waals surface area contributed by atoms with Crippen molar-refractivity contribution in [2.75, 3.05) is 11.5 Å². The number of benzene rings is 1. The number of rotatable bonds is 3. The van der Waals surface area contributed by atoms with E-state index in [1.807, 2.05) is 24.3 Å². The Bertz CT molecular complexity index is 713. The fraction of sp³-hybridized carbons (Fsp3) is 0.400. The van der Waals surface area contributed by atoms with Gasteiger partial charge in [-0.2, -0.15) is 0 Å². The van der Waals surface area contributed by atoms with Gasteiger partial charge in [-0.3, -0.25) is 4.98 Å². The maximum atomic E-state index is 11.6. The van der Waals surface area contributed by atoms with Crippen LogP contribution >= 0.6 is 0 Å². The average molecular weight is 290 g/mol. The Hall–Kier alpha value is -1.46. The molecule has 0 bridgehead atoms. The molecule has 0 aliphatic carbocycles. The highest BCUT2D eigenvalue weighted by molar-refractivity contribution is 7.91. The number of pyridine rings is 1. The second kappa shape index (κ2) is 5.50. The first-order valence-corrected chi connectivity index (χ1v) is 8.72. The maximum absolute atomic E-state index is 11.6. The number of hydrogen-bond acceptors (Lipinski definition) is 4. The molecule has 1 saturated heterocycles. The summed E-state index contributed by atoms with van der Waals surface area (Å²) in [6.07, 6.45) is 3.49. The highest BCUT2D eigenvalue weighted by Crippen LogP contribution is 2.15. The summed E-state index contributed by atoms with van der Waals surface area (Å²) in [5.41, 5.74) is 2.14. The fourth-order valence-electron chi connectivity index (χ4n) is 2.68. The second-order valence-electron chi connectivity index (χ2n) is 5.36. The summed E-state index contributed by atoms with van der Waals surface area (Å²) in [6, 6.07) is 10.2. The molecule has 0 amide bonds. The van der Waals surface area contributed by atoms with Crippen molar-refractivity contribution in [2.24, 2.45) is 0 Å². The normalized spacial score (nSPS) is 21.9. The Morgan fingerprint density at radius 3 is 3.05 bits per heavy atom. The van der Waals surface area contributed by atoms with Crippen LogP contribution in [0.2, 0.25) is 0 Å². The Labute approximate surface area is 119 Å². The number of nitrogens with one attached hydrogen (secondary N) is 1. The summed E-state index contributed by atoms with van der Waals surface area (Å²) in [5.74, 6) is 0.606. The van der Waals surface area contributed by atoms with Crippen molar-refractivity contribution in [1.82, 2.24) is 10.3 Å². The summed E-state index contributed by atoms with van der Waals surface area (Å²) in [5, 5.41) is 4.47. The molecule has 0 saturated carbocycles. The summed E-state index contributed by atoms with van der Waals surface area (Å²) in [6.45, 7) is 0.699. The van der Waals surface area contributed by atoms with E-state index in [-0.39, 0.29) is 11.8 Å². The molecule has 2 heterocycles. The number of nitrogens with zero attached hydrogens (tertiary/aromatic N) is 1. The molecule has 1 aromatic heterocycles. The van der Waals surface area contributed by atoms with Crippen LogP contribution in [0.25, 0.3) is 10.9 Å². The van der Waals surface area contributed by atoms with E-state index in [2.05, 4.69) is 16.4 Å². The zero-order chi connectivity index (χ0) is 14.0. The lowest BCUT2D eigenvalue weighted by Gasteiger charge is -2.23. The lowest BCUT2D eigenvalue weighted by atomic mass is 10.1. The largest absolute Gasteiger partial charge is 0.309 e. The predicted octanol–water partition coefficient (Wildman–Crippen LogP) is 1.90. The number of aromatic nitrogens is 1. The Morgan fingerprint density at radius 2 is 2.20 bits per heavy atom. The van der Waals surface area contributed by atoms with Crippen LogP contribution in [0, 0.1) is 0 Å². The second-order valence-corrected chi connectivity index (χ2v) is 7.59. The molecule has 20 heavy (non-hydrogen) atoms. The molecule has 5 heteroatoms. The number of sulfone groups is 1. The SMILES string of the molecule is O=S1(=O)CCCC(NCc2ccc3ncccc3c2)C1. The van der Waals surface area contributed by atoms with Crippen molar-refractivity contribution in [3.8, 4) is 0 Å². The van der Waals surface area contributed by atoms with Crippen LogP contribution in [-0.2, 0) is 16.4 Å². The van der Waals surface area contributed by atoms with Crippen LogP contribution in [0.15, 0.2) is 36.5 Å². The molecular weight excluding hydrogens is 272 g/mol. The van der Waals surface area contributed by atoms with Gasteiger partial charge in [0.2, 0.25) is 0 Å². The lowest BCUT2D eigenvalue weighted by molar-refractivity contribution is 0.480. The van der Waals surface area contributed by atoms with Gasteiger partial charge in [0.1, 0.15) is 0 Å². The van der Waals surface area contributed by atoms with Crippen LogP contribution < -0.4 is 5.32 Å². The van der Waals surface area contributed by atoms with E-state index in [4.69, 9.17) is 0 Å². The van der Waals surface area contributed by atoms with Gasteiger partial charge in [-0.05, 0) is 36.6 Å².